The number of carbonyl (C=O) groups is 2. The zero-order chi connectivity index (χ0) is 16.7. The van der Waals surface area contributed by atoms with E-state index >= 15 is 0 Å². The lowest BCUT2D eigenvalue weighted by atomic mass is 10.2. The van der Waals surface area contributed by atoms with E-state index in [0.29, 0.717) is 16.9 Å². The van der Waals surface area contributed by atoms with E-state index in [4.69, 9.17) is 4.42 Å². The first-order valence-electron chi connectivity index (χ1n) is 8.13. The van der Waals surface area contributed by atoms with Gasteiger partial charge < -0.3 is 19.5 Å². The third-order valence-electron chi connectivity index (χ3n) is 4.58. The predicted molar refractivity (Wildman–Crippen MR) is 87.8 cm³/mol. The maximum atomic E-state index is 11.7. The van der Waals surface area contributed by atoms with E-state index in [1.807, 2.05) is 12.1 Å². The van der Waals surface area contributed by atoms with Crippen LogP contribution in [0.2, 0.25) is 0 Å². The average molecular weight is 329 g/mol. The van der Waals surface area contributed by atoms with E-state index in [-0.39, 0.29) is 0 Å². The van der Waals surface area contributed by atoms with E-state index in [0.717, 1.165) is 38.5 Å². The van der Waals surface area contributed by atoms with E-state index in [2.05, 4.69) is 32.3 Å². The molecule has 2 N–H and O–H groups in total. The number of furan rings is 1. The minimum absolute atomic E-state index is 0.397. The van der Waals surface area contributed by atoms with Crippen LogP contribution in [0.25, 0.3) is 11.1 Å². The standard InChI is InChI=1S/C16H19N5O3/c1-2-20-5-7-21(8-6-20)13-4-3-11-10(17-13)9-12(24-11)14-15(22)19-16(23)18-14/h3-4,9,14H,2,5-8H2,1H3,(H2,18,19,22,23). The number of hydrogen-bond donors (Lipinski definition) is 2. The first kappa shape index (κ1) is 14.9. The molecule has 4 rings (SSSR count). The highest BCUT2D eigenvalue weighted by Gasteiger charge is 2.33. The van der Waals surface area contributed by atoms with Crippen LogP contribution >= 0.6 is 0 Å². The third kappa shape index (κ3) is 2.58. The molecule has 0 aliphatic carbocycles. The number of nitrogens with zero attached hydrogens (tertiary/aromatic N) is 3. The maximum absolute atomic E-state index is 11.7. The highest BCUT2D eigenvalue weighted by Crippen LogP contribution is 2.27. The van der Waals surface area contributed by atoms with Crippen LogP contribution in [0.1, 0.15) is 18.7 Å². The van der Waals surface area contributed by atoms with Crippen molar-refractivity contribution in [3.63, 3.8) is 0 Å². The van der Waals surface area contributed by atoms with Crippen molar-refractivity contribution in [1.82, 2.24) is 20.5 Å². The van der Waals surface area contributed by atoms with E-state index in [1.54, 1.807) is 6.07 Å². The highest BCUT2D eigenvalue weighted by atomic mass is 16.3. The van der Waals surface area contributed by atoms with Gasteiger partial charge in [0.1, 0.15) is 17.1 Å². The fourth-order valence-corrected chi connectivity index (χ4v) is 3.16. The van der Waals surface area contributed by atoms with Gasteiger partial charge in [-0.3, -0.25) is 10.1 Å². The Bertz CT molecular complexity index is 794. The van der Waals surface area contributed by atoms with E-state index in [9.17, 15) is 9.59 Å². The number of nitrogens with one attached hydrogen (secondary N) is 2. The highest BCUT2D eigenvalue weighted by molar-refractivity contribution is 6.04. The molecule has 4 heterocycles. The second-order valence-corrected chi connectivity index (χ2v) is 6.02. The Morgan fingerprint density at radius 1 is 1.25 bits per heavy atom. The van der Waals surface area contributed by atoms with Gasteiger partial charge in [0, 0.05) is 32.2 Å². The second kappa shape index (κ2) is 5.79. The summed E-state index contributed by atoms with van der Waals surface area (Å²) in [7, 11) is 0. The largest absolute Gasteiger partial charge is 0.457 e. The summed E-state index contributed by atoms with van der Waals surface area (Å²) in [5.41, 5.74) is 1.30. The molecular formula is C16H19N5O3. The fraction of sp³-hybridized carbons (Fsp3) is 0.438. The van der Waals surface area contributed by atoms with Crippen molar-refractivity contribution in [2.24, 2.45) is 0 Å². The Hall–Kier alpha value is -2.61. The van der Waals surface area contributed by atoms with Crippen molar-refractivity contribution in [3.05, 3.63) is 24.0 Å². The maximum Gasteiger partial charge on any atom is 0.322 e. The molecule has 2 aromatic heterocycles. The third-order valence-corrected chi connectivity index (χ3v) is 4.58. The summed E-state index contributed by atoms with van der Waals surface area (Å²) in [5.74, 6) is 0.897. The van der Waals surface area contributed by atoms with Crippen LogP contribution in [0, 0.1) is 0 Å². The number of likely N-dealkylation sites (N-methyl/N-ethyl adjacent to an activating group) is 1. The number of piperazine rings is 1. The summed E-state index contributed by atoms with van der Waals surface area (Å²) in [6.07, 6.45) is 0. The zero-order valence-electron chi connectivity index (χ0n) is 13.4. The quantitative estimate of drug-likeness (QED) is 0.812. The number of rotatable bonds is 3. The number of aromatic nitrogens is 1. The molecule has 0 aromatic carbocycles. The summed E-state index contributed by atoms with van der Waals surface area (Å²) in [4.78, 5) is 32.3. The fourth-order valence-electron chi connectivity index (χ4n) is 3.16. The number of amides is 3. The molecule has 126 valence electrons. The van der Waals surface area contributed by atoms with Crippen molar-refractivity contribution in [1.29, 1.82) is 0 Å². The summed E-state index contributed by atoms with van der Waals surface area (Å²) < 4.78 is 5.68. The number of fused-ring (bicyclic) bond motifs is 1. The Morgan fingerprint density at radius 2 is 2.04 bits per heavy atom. The van der Waals surface area contributed by atoms with Gasteiger partial charge in [0.05, 0.1) is 0 Å². The number of carbonyl (C=O) groups excluding carboxylic acids is 2. The van der Waals surface area contributed by atoms with E-state index < -0.39 is 18.0 Å². The van der Waals surface area contributed by atoms with Gasteiger partial charge in [-0.15, -0.1) is 0 Å². The minimum atomic E-state index is -0.789. The van der Waals surface area contributed by atoms with Crippen LogP contribution in [0.3, 0.4) is 0 Å². The number of urea groups is 1. The van der Waals surface area contributed by atoms with Crippen molar-refractivity contribution >= 4 is 28.9 Å². The molecule has 2 aromatic rings. The van der Waals surface area contributed by atoms with Gasteiger partial charge in [0.2, 0.25) is 0 Å². The van der Waals surface area contributed by atoms with Crippen molar-refractivity contribution in [3.8, 4) is 0 Å². The molecule has 2 saturated heterocycles. The molecule has 8 heteroatoms. The Labute approximate surface area is 138 Å². The van der Waals surface area contributed by atoms with Gasteiger partial charge in [-0.1, -0.05) is 6.92 Å². The number of hydrogen-bond acceptors (Lipinski definition) is 6. The lowest BCUT2D eigenvalue weighted by molar-refractivity contribution is -0.120. The Morgan fingerprint density at radius 3 is 2.71 bits per heavy atom. The van der Waals surface area contributed by atoms with Crippen LogP contribution < -0.4 is 15.5 Å². The second-order valence-electron chi connectivity index (χ2n) is 6.02. The lowest BCUT2D eigenvalue weighted by Gasteiger charge is -2.34. The average Bonchev–Trinajstić information content (AvgIpc) is 3.16. The van der Waals surface area contributed by atoms with Crippen LogP contribution in [0.5, 0.6) is 0 Å². The topological polar surface area (TPSA) is 90.7 Å². The predicted octanol–water partition coefficient (Wildman–Crippen LogP) is 0.850. The molecule has 3 amide bonds. The summed E-state index contributed by atoms with van der Waals surface area (Å²) >= 11 is 0. The van der Waals surface area contributed by atoms with Gasteiger partial charge in [-0.25, -0.2) is 9.78 Å². The zero-order valence-corrected chi connectivity index (χ0v) is 13.4. The molecule has 1 unspecified atom stereocenters. The van der Waals surface area contributed by atoms with Gasteiger partial charge in [-0.2, -0.15) is 0 Å². The van der Waals surface area contributed by atoms with Gasteiger partial charge in [0.25, 0.3) is 5.91 Å². The lowest BCUT2D eigenvalue weighted by Crippen LogP contribution is -2.46. The molecule has 2 aliphatic heterocycles. The van der Waals surface area contributed by atoms with Crippen molar-refractivity contribution < 1.29 is 14.0 Å². The van der Waals surface area contributed by atoms with Gasteiger partial charge >= 0.3 is 6.03 Å². The molecule has 8 nitrogen and oxygen atoms in total. The van der Waals surface area contributed by atoms with Crippen molar-refractivity contribution in [2.75, 3.05) is 37.6 Å². The SMILES string of the molecule is CCN1CCN(c2ccc3oc(C4NC(=O)NC4=O)cc3n2)CC1. The molecular weight excluding hydrogens is 310 g/mol. The molecule has 2 aliphatic rings. The molecule has 0 radical (unpaired) electrons. The summed E-state index contributed by atoms with van der Waals surface area (Å²) in [6.45, 7) is 7.18. The minimum Gasteiger partial charge on any atom is -0.457 e. The summed E-state index contributed by atoms with van der Waals surface area (Å²) in [5, 5.41) is 4.73. The molecule has 0 spiro atoms. The van der Waals surface area contributed by atoms with Crippen LogP contribution in [0.15, 0.2) is 22.6 Å². The normalized spacial score (nSPS) is 22.0. The van der Waals surface area contributed by atoms with E-state index in [1.165, 1.54) is 0 Å². The summed E-state index contributed by atoms with van der Waals surface area (Å²) in [6, 6.07) is 4.22. The smallest absolute Gasteiger partial charge is 0.322 e. The molecule has 2 fully saturated rings. The number of imide groups is 1. The van der Waals surface area contributed by atoms with Crippen molar-refractivity contribution in [2.45, 2.75) is 13.0 Å². The Kier molecular flexibility index (Phi) is 3.61. The molecule has 0 bridgehead atoms. The monoisotopic (exact) mass is 329 g/mol. The van der Waals surface area contributed by atoms with Crippen LogP contribution in [-0.2, 0) is 4.79 Å². The molecule has 1 atom stereocenters. The number of pyridine rings is 1. The van der Waals surface area contributed by atoms with Crippen LogP contribution in [0.4, 0.5) is 10.6 Å². The van der Waals surface area contributed by atoms with Gasteiger partial charge in [0.15, 0.2) is 11.6 Å². The molecule has 0 saturated carbocycles. The van der Waals surface area contributed by atoms with Crippen LogP contribution in [-0.4, -0.2) is 54.5 Å². The number of anilines is 1. The molecule has 24 heavy (non-hydrogen) atoms. The first-order chi connectivity index (χ1) is 11.6. The van der Waals surface area contributed by atoms with Gasteiger partial charge in [-0.05, 0) is 18.7 Å². The Balaban J connectivity index is 1.58. The first-order valence-corrected chi connectivity index (χ1v) is 8.13.